The number of methoxy groups -OCH3 is 1. The molecule has 0 radical (unpaired) electrons. The molecule has 4 N–H and O–H groups in total. The number of carbonyl (C=O) groups is 1. The lowest BCUT2D eigenvalue weighted by Crippen LogP contribution is -2.53. The van der Waals surface area contributed by atoms with E-state index in [1.165, 1.54) is 32.1 Å². The molecular weight excluding hydrogens is 414 g/mol. The fourth-order valence-electron chi connectivity index (χ4n) is 5.81. The van der Waals surface area contributed by atoms with Gasteiger partial charge in [-0.2, -0.15) is 0 Å². The van der Waals surface area contributed by atoms with Crippen molar-refractivity contribution in [2.24, 2.45) is 17.6 Å². The van der Waals surface area contributed by atoms with E-state index in [1.807, 2.05) is 35.2 Å². The second-order valence-corrected chi connectivity index (χ2v) is 10.1. The van der Waals surface area contributed by atoms with Gasteiger partial charge in [0.25, 0.3) is 0 Å². The molecule has 1 aromatic carbocycles. The zero-order chi connectivity index (χ0) is 23.5. The van der Waals surface area contributed by atoms with Gasteiger partial charge >= 0.3 is 6.03 Å². The third-order valence-corrected chi connectivity index (χ3v) is 7.77. The zero-order valence-electron chi connectivity index (χ0n) is 20.5. The smallest absolute Gasteiger partial charge is 0.317 e. The normalized spacial score (nSPS) is 22.5. The van der Waals surface area contributed by atoms with Crippen molar-refractivity contribution in [3.63, 3.8) is 0 Å². The standard InChI is InChI=1S/C27H45N3O3/c1-33-18-9-8-16-27(32,23-13-6-3-7-14-23)24-15-10-17-30(21-24)26(31)29-25(20-28)19-22-11-4-2-5-12-22/h3,6-7,13-14,22,24-25,32H,2,4-5,8-12,15-21,28H2,1H3,(H,29,31)/t24?,25-,27+/m0/s1. The first-order valence-electron chi connectivity index (χ1n) is 13.1. The number of nitrogens with zero attached hydrogens (tertiary/aromatic N) is 1. The van der Waals surface area contributed by atoms with Crippen LogP contribution in [-0.4, -0.2) is 55.4 Å². The van der Waals surface area contributed by atoms with Crippen LogP contribution in [0.25, 0.3) is 0 Å². The summed E-state index contributed by atoms with van der Waals surface area (Å²) in [5.41, 5.74) is 6.05. The molecule has 0 bridgehead atoms. The van der Waals surface area contributed by atoms with Crippen molar-refractivity contribution in [1.82, 2.24) is 10.2 Å². The molecule has 1 heterocycles. The first kappa shape index (κ1) is 26.0. The maximum Gasteiger partial charge on any atom is 0.317 e. The van der Waals surface area contributed by atoms with E-state index < -0.39 is 5.60 Å². The first-order chi connectivity index (χ1) is 16.1. The van der Waals surface area contributed by atoms with Crippen LogP contribution in [0.2, 0.25) is 0 Å². The fraction of sp³-hybridized carbons (Fsp3) is 0.741. The van der Waals surface area contributed by atoms with Gasteiger partial charge < -0.3 is 25.8 Å². The number of amides is 2. The van der Waals surface area contributed by atoms with E-state index in [-0.39, 0.29) is 18.0 Å². The fourth-order valence-corrected chi connectivity index (χ4v) is 5.81. The number of nitrogens with one attached hydrogen (secondary N) is 1. The number of ether oxygens (including phenoxy) is 1. The van der Waals surface area contributed by atoms with Gasteiger partial charge in [-0.1, -0.05) is 62.4 Å². The number of piperidine rings is 1. The Kier molecular flexibility index (Phi) is 10.5. The second kappa shape index (κ2) is 13.3. The molecule has 3 rings (SSSR count). The molecule has 1 unspecified atom stereocenters. The SMILES string of the molecule is COCCCC[C@@](O)(c1ccccc1)C1CCCN(C(=O)N[C@H](CN)CC2CCCCC2)C1. The van der Waals surface area contributed by atoms with Crippen LogP contribution in [0.3, 0.4) is 0 Å². The average molecular weight is 460 g/mol. The molecule has 0 aromatic heterocycles. The van der Waals surface area contributed by atoms with E-state index in [9.17, 15) is 9.90 Å². The van der Waals surface area contributed by atoms with Crippen LogP contribution in [0.15, 0.2) is 30.3 Å². The number of likely N-dealkylation sites (tertiary alicyclic amines) is 1. The average Bonchev–Trinajstić information content (AvgIpc) is 2.87. The van der Waals surface area contributed by atoms with Gasteiger partial charge in [0.15, 0.2) is 0 Å². The Morgan fingerprint density at radius 3 is 2.64 bits per heavy atom. The molecule has 2 amide bonds. The number of unbranched alkanes of at least 4 members (excludes halogenated alkanes) is 1. The van der Waals surface area contributed by atoms with Crippen LogP contribution in [0.5, 0.6) is 0 Å². The molecule has 6 nitrogen and oxygen atoms in total. The number of urea groups is 1. The quantitative estimate of drug-likeness (QED) is 0.428. The minimum absolute atomic E-state index is 0.0108. The summed E-state index contributed by atoms with van der Waals surface area (Å²) in [7, 11) is 1.71. The van der Waals surface area contributed by atoms with Crippen LogP contribution >= 0.6 is 0 Å². The highest BCUT2D eigenvalue weighted by atomic mass is 16.5. The highest BCUT2D eigenvalue weighted by Gasteiger charge is 2.41. The Morgan fingerprint density at radius 1 is 1.18 bits per heavy atom. The summed E-state index contributed by atoms with van der Waals surface area (Å²) in [4.78, 5) is 15.1. The Hall–Kier alpha value is -1.63. The Morgan fingerprint density at radius 2 is 1.94 bits per heavy atom. The molecule has 33 heavy (non-hydrogen) atoms. The molecular formula is C27H45N3O3. The molecule has 6 heteroatoms. The third-order valence-electron chi connectivity index (χ3n) is 7.77. The largest absolute Gasteiger partial charge is 0.385 e. The van der Waals surface area contributed by atoms with Crippen molar-refractivity contribution in [1.29, 1.82) is 0 Å². The van der Waals surface area contributed by atoms with E-state index in [1.54, 1.807) is 7.11 Å². The van der Waals surface area contributed by atoms with Crippen LogP contribution in [0.1, 0.15) is 76.2 Å². The summed E-state index contributed by atoms with van der Waals surface area (Å²) in [6, 6.07) is 9.99. The predicted octanol–water partition coefficient (Wildman–Crippen LogP) is 4.41. The second-order valence-electron chi connectivity index (χ2n) is 10.1. The van der Waals surface area contributed by atoms with E-state index in [0.717, 1.165) is 44.2 Å². The highest BCUT2D eigenvalue weighted by Crippen LogP contribution is 2.39. The lowest BCUT2D eigenvalue weighted by atomic mass is 9.74. The minimum Gasteiger partial charge on any atom is -0.385 e. The first-order valence-corrected chi connectivity index (χ1v) is 13.1. The Bertz CT molecular complexity index is 695. The topological polar surface area (TPSA) is 87.8 Å². The molecule has 2 aliphatic rings. The Labute approximate surface area is 200 Å². The minimum atomic E-state index is -0.941. The predicted molar refractivity (Wildman–Crippen MR) is 133 cm³/mol. The molecule has 1 saturated carbocycles. The number of benzene rings is 1. The van der Waals surface area contributed by atoms with Crippen LogP contribution in [0, 0.1) is 11.8 Å². The van der Waals surface area contributed by atoms with Gasteiger partial charge in [0.05, 0.1) is 5.60 Å². The number of carbonyl (C=O) groups excluding carboxylic acids is 1. The number of hydrogen-bond acceptors (Lipinski definition) is 4. The molecule has 1 aromatic rings. The van der Waals surface area contributed by atoms with E-state index >= 15 is 0 Å². The lowest BCUT2D eigenvalue weighted by molar-refractivity contribution is -0.0564. The van der Waals surface area contributed by atoms with Crippen molar-refractivity contribution in [2.75, 3.05) is 33.4 Å². The van der Waals surface area contributed by atoms with Crippen molar-refractivity contribution < 1.29 is 14.6 Å². The van der Waals surface area contributed by atoms with Gasteiger partial charge in [0.2, 0.25) is 0 Å². The highest BCUT2D eigenvalue weighted by molar-refractivity contribution is 5.74. The molecule has 1 saturated heterocycles. The number of aliphatic hydroxyl groups is 1. The maximum atomic E-state index is 13.2. The summed E-state index contributed by atoms with van der Waals surface area (Å²) >= 11 is 0. The Balaban J connectivity index is 1.63. The molecule has 2 fully saturated rings. The number of nitrogens with two attached hydrogens (primary N) is 1. The molecule has 186 valence electrons. The van der Waals surface area contributed by atoms with E-state index in [2.05, 4.69) is 5.32 Å². The summed E-state index contributed by atoms with van der Waals surface area (Å²) < 4.78 is 5.21. The summed E-state index contributed by atoms with van der Waals surface area (Å²) in [6.07, 6.45) is 11.7. The number of rotatable bonds is 11. The zero-order valence-corrected chi connectivity index (χ0v) is 20.5. The number of hydrogen-bond donors (Lipinski definition) is 3. The summed E-state index contributed by atoms with van der Waals surface area (Å²) in [5, 5.41) is 15.2. The lowest BCUT2D eigenvalue weighted by Gasteiger charge is -2.43. The van der Waals surface area contributed by atoms with Gasteiger partial charge in [-0.25, -0.2) is 4.79 Å². The third kappa shape index (κ3) is 7.43. The molecule has 1 aliphatic carbocycles. The summed E-state index contributed by atoms with van der Waals surface area (Å²) in [5.74, 6) is 0.689. The monoisotopic (exact) mass is 459 g/mol. The van der Waals surface area contributed by atoms with Gasteiger partial charge in [-0.05, 0) is 50.0 Å². The van der Waals surface area contributed by atoms with E-state index in [4.69, 9.17) is 10.5 Å². The van der Waals surface area contributed by atoms with Gasteiger partial charge in [-0.15, -0.1) is 0 Å². The molecule has 3 atom stereocenters. The van der Waals surface area contributed by atoms with Crippen LogP contribution in [0.4, 0.5) is 4.79 Å². The maximum absolute atomic E-state index is 13.2. The molecule has 1 aliphatic heterocycles. The van der Waals surface area contributed by atoms with Gasteiger partial charge in [-0.3, -0.25) is 0 Å². The van der Waals surface area contributed by atoms with Crippen LogP contribution < -0.4 is 11.1 Å². The van der Waals surface area contributed by atoms with Gasteiger partial charge in [0.1, 0.15) is 0 Å². The molecule has 0 spiro atoms. The van der Waals surface area contributed by atoms with E-state index in [0.29, 0.717) is 32.0 Å². The van der Waals surface area contributed by atoms with Crippen molar-refractivity contribution in [3.8, 4) is 0 Å². The van der Waals surface area contributed by atoms with Crippen molar-refractivity contribution in [2.45, 2.75) is 82.3 Å². The summed E-state index contributed by atoms with van der Waals surface area (Å²) in [6.45, 7) is 2.48. The van der Waals surface area contributed by atoms with Gasteiger partial charge in [0, 0.05) is 45.3 Å². The van der Waals surface area contributed by atoms with Crippen molar-refractivity contribution in [3.05, 3.63) is 35.9 Å². The van der Waals surface area contributed by atoms with Crippen molar-refractivity contribution >= 4 is 6.03 Å². The van der Waals surface area contributed by atoms with Crippen LogP contribution in [-0.2, 0) is 10.3 Å².